The monoisotopic (exact) mass is 266 g/mol. The van der Waals surface area contributed by atoms with Crippen molar-refractivity contribution in [3.8, 4) is 0 Å². The van der Waals surface area contributed by atoms with Crippen molar-refractivity contribution in [3.63, 3.8) is 0 Å². The van der Waals surface area contributed by atoms with Crippen molar-refractivity contribution in [1.82, 2.24) is 4.31 Å². The number of rotatable bonds is 4. The van der Waals surface area contributed by atoms with Gasteiger partial charge in [0.15, 0.2) is 0 Å². The van der Waals surface area contributed by atoms with Crippen LogP contribution in [0.1, 0.15) is 12.5 Å². The van der Waals surface area contributed by atoms with E-state index in [4.69, 9.17) is 0 Å². The van der Waals surface area contributed by atoms with Crippen LogP contribution in [0, 0.1) is 0 Å². The third-order valence-corrected chi connectivity index (χ3v) is 4.79. The molecule has 18 heavy (non-hydrogen) atoms. The van der Waals surface area contributed by atoms with Crippen LogP contribution in [0.4, 0.5) is 5.69 Å². The number of anilines is 1. The van der Waals surface area contributed by atoms with Crippen molar-refractivity contribution >= 4 is 15.7 Å². The quantitative estimate of drug-likeness (QED) is 0.846. The minimum absolute atomic E-state index is 0.333. The zero-order chi connectivity index (χ0) is 13.3. The third kappa shape index (κ3) is 2.42. The van der Waals surface area contributed by atoms with Crippen LogP contribution < -0.4 is 5.32 Å². The van der Waals surface area contributed by atoms with E-state index in [1.807, 2.05) is 13.0 Å². The molecular formula is C13H18N2O2S. The highest BCUT2D eigenvalue weighted by Gasteiger charge is 2.22. The zero-order valence-electron chi connectivity index (χ0n) is 10.7. The lowest BCUT2D eigenvalue weighted by Gasteiger charge is -2.17. The van der Waals surface area contributed by atoms with E-state index in [-0.39, 0.29) is 0 Å². The molecule has 0 spiro atoms. The lowest BCUT2D eigenvalue weighted by Crippen LogP contribution is -2.28. The lowest BCUT2D eigenvalue weighted by molar-refractivity contribution is 0.493. The van der Waals surface area contributed by atoms with Crippen LogP contribution in [0.25, 0.3) is 0 Å². The number of likely N-dealkylation sites (N-methyl/N-ethyl adjacent to an activating group) is 1. The fourth-order valence-electron chi connectivity index (χ4n) is 2.08. The summed E-state index contributed by atoms with van der Waals surface area (Å²) in [4.78, 5) is 0.333. The first kappa shape index (κ1) is 13.1. The van der Waals surface area contributed by atoms with Gasteiger partial charge in [0.05, 0.1) is 4.90 Å². The van der Waals surface area contributed by atoms with Crippen molar-refractivity contribution in [2.24, 2.45) is 0 Å². The minimum Gasteiger partial charge on any atom is -0.384 e. The van der Waals surface area contributed by atoms with Crippen molar-refractivity contribution in [3.05, 3.63) is 35.9 Å². The van der Waals surface area contributed by atoms with E-state index in [0.717, 1.165) is 24.2 Å². The van der Waals surface area contributed by atoms with E-state index in [9.17, 15) is 8.42 Å². The fourth-order valence-corrected chi connectivity index (χ4v) is 3.33. The Hall–Kier alpha value is -1.33. The Bertz CT molecular complexity index is 579. The maximum absolute atomic E-state index is 12.3. The predicted octanol–water partition coefficient (Wildman–Crippen LogP) is 1.85. The van der Waals surface area contributed by atoms with Gasteiger partial charge in [-0.15, -0.1) is 0 Å². The SMILES string of the molecule is C=C(C)CN(C)S(=O)(=O)c1ccc2c(c1)NCC2. The molecular weight excluding hydrogens is 248 g/mol. The van der Waals surface area contributed by atoms with Gasteiger partial charge in [0.1, 0.15) is 0 Å². The Morgan fingerprint density at radius 2 is 2.22 bits per heavy atom. The molecule has 0 atom stereocenters. The molecule has 0 aliphatic carbocycles. The first-order valence-electron chi connectivity index (χ1n) is 5.89. The Labute approximate surface area is 108 Å². The van der Waals surface area contributed by atoms with Crippen LogP contribution in [0.5, 0.6) is 0 Å². The summed E-state index contributed by atoms with van der Waals surface area (Å²) in [7, 11) is -1.85. The number of hydrogen-bond acceptors (Lipinski definition) is 3. The average Bonchev–Trinajstić information content (AvgIpc) is 2.74. The summed E-state index contributed by atoms with van der Waals surface area (Å²) in [5.41, 5.74) is 2.93. The highest BCUT2D eigenvalue weighted by atomic mass is 32.2. The van der Waals surface area contributed by atoms with Crippen molar-refractivity contribution in [2.75, 3.05) is 25.5 Å². The summed E-state index contributed by atoms with van der Waals surface area (Å²) in [6.45, 7) is 6.77. The van der Waals surface area contributed by atoms with Gasteiger partial charge < -0.3 is 5.32 Å². The highest BCUT2D eigenvalue weighted by molar-refractivity contribution is 7.89. The molecule has 0 aromatic heterocycles. The Balaban J connectivity index is 2.33. The van der Waals surface area contributed by atoms with Gasteiger partial charge in [0, 0.05) is 25.8 Å². The first-order valence-corrected chi connectivity index (χ1v) is 7.33. The predicted molar refractivity (Wildman–Crippen MR) is 73.3 cm³/mol. The van der Waals surface area contributed by atoms with E-state index in [2.05, 4.69) is 11.9 Å². The van der Waals surface area contributed by atoms with Crippen LogP contribution in [0.15, 0.2) is 35.2 Å². The number of sulfonamides is 1. The van der Waals surface area contributed by atoms with Crippen LogP contribution in [0.3, 0.4) is 0 Å². The third-order valence-electron chi connectivity index (χ3n) is 2.99. The molecule has 0 bridgehead atoms. The molecule has 0 fully saturated rings. The standard InChI is InChI=1S/C13H18N2O2S/c1-10(2)9-15(3)18(16,17)12-5-4-11-6-7-14-13(11)8-12/h4-5,8,14H,1,6-7,9H2,2-3H3. The van der Waals surface area contributed by atoms with Gasteiger partial charge >= 0.3 is 0 Å². The van der Waals surface area contributed by atoms with Crippen LogP contribution in [-0.2, 0) is 16.4 Å². The second-order valence-electron chi connectivity index (χ2n) is 4.71. The molecule has 1 aliphatic rings. The van der Waals surface area contributed by atoms with Crippen LogP contribution in [0.2, 0.25) is 0 Å². The normalized spacial score (nSPS) is 14.4. The number of fused-ring (bicyclic) bond motifs is 1. The maximum Gasteiger partial charge on any atom is 0.243 e. The van der Waals surface area contributed by atoms with Gasteiger partial charge in [-0.05, 0) is 31.0 Å². The number of benzene rings is 1. The average molecular weight is 266 g/mol. The Morgan fingerprint density at radius 1 is 1.50 bits per heavy atom. The summed E-state index contributed by atoms with van der Waals surface area (Å²) >= 11 is 0. The second kappa shape index (κ2) is 4.74. The smallest absolute Gasteiger partial charge is 0.243 e. The summed E-state index contributed by atoms with van der Waals surface area (Å²) in [5.74, 6) is 0. The molecule has 98 valence electrons. The molecule has 2 rings (SSSR count). The van der Waals surface area contributed by atoms with Gasteiger partial charge in [0.25, 0.3) is 0 Å². The summed E-state index contributed by atoms with van der Waals surface area (Å²) in [5, 5.41) is 3.19. The highest BCUT2D eigenvalue weighted by Crippen LogP contribution is 2.26. The maximum atomic E-state index is 12.3. The molecule has 0 amide bonds. The Morgan fingerprint density at radius 3 is 2.89 bits per heavy atom. The van der Waals surface area contributed by atoms with Gasteiger partial charge in [-0.1, -0.05) is 18.2 Å². The number of nitrogens with one attached hydrogen (secondary N) is 1. The summed E-state index contributed by atoms with van der Waals surface area (Å²) in [6.07, 6.45) is 0.956. The summed E-state index contributed by atoms with van der Waals surface area (Å²) < 4.78 is 26.0. The van der Waals surface area contributed by atoms with Crippen LogP contribution >= 0.6 is 0 Å². The van der Waals surface area contributed by atoms with E-state index < -0.39 is 10.0 Å². The molecule has 1 aliphatic heterocycles. The van der Waals surface area contributed by atoms with E-state index in [1.165, 1.54) is 9.87 Å². The molecule has 1 N–H and O–H groups in total. The molecule has 1 heterocycles. The van der Waals surface area contributed by atoms with E-state index in [1.54, 1.807) is 19.2 Å². The Kier molecular flexibility index (Phi) is 3.45. The van der Waals surface area contributed by atoms with E-state index in [0.29, 0.717) is 11.4 Å². The van der Waals surface area contributed by atoms with Crippen molar-refractivity contribution in [2.45, 2.75) is 18.2 Å². The van der Waals surface area contributed by atoms with Crippen molar-refractivity contribution < 1.29 is 8.42 Å². The molecule has 1 aromatic carbocycles. The minimum atomic E-state index is -3.42. The molecule has 0 radical (unpaired) electrons. The fraction of sp³-hybridized carbons (Fsp3) is 0.385. The molecule has 0 unspecified atom stereocenters. The van der Waals surface area contributed by atoms with Crippen LogP contribution in [-0.4, -0.2) is 32.9 Å². The second-order valence-corrected chi connectivity index (χ2v) is 6.76. The van der Waals surface area contributed by atoms with E-state index >= 15 is 0 Å². The summed E-state index contributed by atoms with van der Waals surface area (Å²) in [6, 6.07) is 5.28. The topological polar surface area (TPSA) is 49.4 Å². The number of hydrogen-bond donors (Lipinski definition) is 1. The largest absolute Gasteiger partial charge is 0.384 e. The first-order chi connectivity index (χ1) is 8.41. The molecule has 4 nitrogen and oxygen atoms in total. The number of nitrogens with zero attached hydrogens (tertiary/aromatic N) is 1. The van der Waals surface area contributed by atoms with Crippen molar-refractivity contribution in [1.29, 1.82) is 0 Å². The molecule has 0 saturated heterocycles. The molecule has 1 aromatic rings. The molecule has 5 heteroatoms. The van der Waals surface area contributed by atoms with Gasteiger partial charge in [-0.25, -0.2) is 8.42 Å². The molecule has 0 saturated carbocycles. The van der Waals surface area contributed by atoms with Gasteiger partial charge in [-0.3, -0.25) is 0 Å². The van der Waals surface area contributed by atoms with Gasteiger partial charge in [-0.2, -0.15) is 4.31 Å². The lowest BCUT2D eigenvalue weighted by atomic mass is 10.2. The zero-order valence-corrected chi connectivity index (χ0v) is 11.5. The van der Waals surface area contributed by atoms with Gasteiger partial charge in [0.2, 0.25) is 10.0 Å².